The van der Waals surface area contributed by atoms with Crippen LogP contribution in [0.4, 0.5) is 15.9 Å². The van der Waals surface area contributed by atoms with Crippen molar-refractivity contribution in [3.05, 3.63) is 46.3 Å². The van der Waals surface area contributed by atoms with Crippen LogP contribution in [0.25, 0.3) is 0 Å². The lowest BCUT2D eigenvalue weighted by molar-refractivity contribution is 0.417. The van der Waals surface area contributed by atoms with Gasteiger partial charge in [-0.05, 0) is 39.7 Å². The quantitative estimate of drug-likeness (QED) is 0.847. The van der Waals surface area contributed by atoms with E-state index in [9.17, 15) is 4.39 Å². The number of nitrogens with one attached hydrogen (secondary N) is 1. The summed E-state index contributed by atoms with van der Waals surface area (Å²) in [4.78, 5) is 3.96. The van der Waals surface area contributed by atoms with Gasteiger partial charge in [0.25, 0.3) is 0 Å². The monoisotopic (exact) mass is 325 g/mol. The molecule has 0 aliphatic carbocycles. The molecule has 0 fully saturated rings. The molecule has 1 aromatic heterocycles. The van der Waals surface area contributed by atoms with Gasteiger partial charge in [0.15, 0.2) is 11.6 Å². The zero-order valence-corrected chi connectivity index (χ0v) is 11.9. The van der Waals surface area contributed by atoms with Gasteiger partial charge in [0.1, 0.15) is 5.75 Å². The minimum Gasteiger partial charge on any atom is -0.495 e. The molecule has 0 spiro atoms. The number of benzene rings is 1. The Morgan fingerprint density at radius 1 is 1.42 bits per heavy atom. The third kappa shape index (κ3) is 3.35. The van der Waals surface area contributed by atoms with Crippen LogP contribution < -0.4 is 15.8 Å². The molecule has 1 aromatic carbocycles. The first-order valence-corrected chi connectivity index (χ1v) is 6.36. The predicted octanol–water partition coefficient (Wildman–Crippen LogP) is 3.19. The van der Waals surface area contributed by atoms with Crippen molar-refractivity contribution in [2.24, 2.45) is 0 Å². The van der Waals surface area contributed by atoms with Crippen molar-refractivity contribution in [3.8, 4) is 5.75 Å². The highest BCUT2D eigenvalue weighted by atomic mass is 79.9. The minimum atomic E-state index is -0.407. The number of anilines is 2. The summed E-state index contributed by atoms with van der Waals surface area (Å²) >= 11 is 3.16. The van der Waals surface area contributed by atoms with Crippen LogP contribution in [0.2, 0.25) is 0 Å². The molecule has 2 rings (SSSR count). The third-order valence-electron chi connectivity index (χ3n) is 2.56. The molecule has 0 saturated carbocycles. The Balaban J connectivity index is 2.08. The topological polar surface area (TPSA) is 60.2 Å². The van der Waals surface area contributed by atoms with E-state index in [2.05, 4.69) is 26.2 Å². The molecule has 4 nitrogen and oxygen atoms in total. The van der Waals surface area contributed by atoms with Gasteiger partial charge in [-0.25, -0.2) is 9.37 Å². The number of aromatic nitrogens is 1. The van der Waals surface area contributed by atoms with Gasteiger partial charge in [-0.2, -0.15) is 0 Å². The van der Waals surface area contributed by atoms with Crippen LogP contribution in [-0.2, 0) is 6.54 Å². The molecular formula is C13H13BrFN3O. The molecule has 0 amide bonds. The number of nitrogens with two attached hydrogens (primary N) is 1. The number of ether oxygens (including phenoxy) is 1. The Kier molecular flexibility index (Phi) is 4.21. The number of nitrogens with zero attached hydrogens (tertiary/aromatic N) is 1. The van der Waals surface area contributed by atoms with Crippen LogP contribution >= 0.6 is 15.9 Å². The molecule has 6 heteroatoms. The van der Waals surface area contributed by atoms with Crippen molar-refractivity contribution in [2.45, 2.75) is 6.54 Å². The molecule has 0 saturated heterocycles. The summed E-state index contributed by atoms with van der Waals surface area (Å²) in [5.74, 6) is 0.421. The van der Waals surface area contributed by atoms with E-state index >= 15 is 0 Å². The van der Waals surface area contributed by atoms with Crippen molar-refractivity contribution in [1.82, 2.24) is 4.98 Å². The molecule has 0 bridgehead atoms. The van der Waals surface area contributed by atoms with Crippen LogP contribution in [0.3, 0.4) is 0 Å². The van der Waals surface area contributed by atoms with E-state index < -0.39 is 5.82 Å². The fourth-order valence-electron chi connectivity index (χ4n) is 1.62. The van der Waals surface area contributed by atoms with E-state index in [1.165, 1.54) is 12.3 Å². The number of methoxy groups -OCH3 is 1. The number of hydrogen-bond acceptors (Lipinski definition) is 4. The lowest BCUT2D eigenvalue weighted by Crippen LogP contribution is -2.04. The first-order chi connectivity index (χ1) is 9.10. The van der Waals surface area contributed by atoms with Crippen LogP contribution in [0.5, 0.6) is 5.75 Å². The molecule has 19 heavy (non-hydrogen) atoms. The van der Waals surface area contributed by atoms with E-state index in [-0.39, 0.29) is 5.82 Å². The van der Waals surface area contributed by atoms with Crippen LogP contribution in [0, 0.1) is 5.82 Å². The van der Waals surface area contributed by atoms with Crippen LogP contribution in [0.1, 0.15) is 5.56 Å². The SMILES string of the molecule is COc1ccc(CNc2ncc(Br)cc2F)cc1N. The summed E-state index contributed by atoms with van der Waals surface area (Å²) in [5, 5.41) is 2.92. The first kappa shape index (κ1) is 13.6. The minimum absolute atomic E-state index is 0.206. The molecule has 1 heterocycles. The van der Waals surface area contributed by atoms with Crippen molar-refractivity contribution in [3.63, 3.8) is 0 Å². The number of rotatable bonds is 4. The summed E-state index contributed by atoms with van der Waals surface area (Å²) < 4.78 is 19.2. The van der Waals surface area contributed by atoms with E-state index in [1.807, 2.05) is 6.07 Å². The fourth-order valence-corrected chi connectivity index (χ4v) is 1.93. The predicted molar refractivity (Wildman–Crippen MR) is 76.6 cm³/mol. The molecule has 0 atom stereocenters. The van der Waals surface area contributed by atoms with Gasteiger partial charge in [0.05, 0.1) is 12.8 Å². The Hall–Kier alpha value is -1.82. The zero-order chi connectivity index (χ0) is 13.8. The van der Waals surface area contributed by atoms with Crippen LogP contribution in [-0.4, -0.2) is 12.1 Å². The van der Waals surface area contributed by atoms with E-state index in [0.29, 0.717) is 22.5 Å². The Morgan fingerprint density at radius 2 is 2.21 bits per heavy atom. The summed E-state index contributed by atoms with van der Waals surface area (Å²) in [6.07, 6.45) is 1.54. The second-order valence-corrected chi connectivity index (χ2v) is 4.83. The van der Waals surface area contributed by atoms with E-state index in [4.69, 9.17) is 10.5 Å². The van der Waals surface area contributed by atoms with Gasteiger partial charge >= 0.3 is 0 Å². The smallest absolute Gasteiger partial charge is 0.166 e. The fraction of sp³-hybridized carbons (Fsp3) is 0.154. The molecule has 0 aliphatic heterocycles. The largest absolute Gasteiger partial charge is 0.495 e. The first-order valence-electron chi connectivity index (χ1n) is 5.57. The summed E-state index contributed by atoms with van der Waals surface area (Å²) in [5.41, 5.74) is 7.27. The maximum Gasteiger partial charge on any atom is 0.166 e. The van der Waals surface area contributed by atoms with Gasteiger partial charge < -0.3 is 15.8 Å². The number of nitrogen functional groups attached to an aromatic ring is 1. The van der Waals surface area contributed by atoms with Crippen molar-refractivity contribution < 1.29 is 9.13 Å². The maximum atomic E-state index is 13.6. The Bertz CT molecular complexity index is 592. The van der Waals surface area contributed by atoms with Crippen molar-refractivity contribution >= 4 is 27.4 Å². The standard InChI is InChI=1S/C13H13BrFN3O/c1-19-12-3-2-8(4-11(12)16)6-17-13-10(15)5-9(14)7-18-13/h2-5,7H,6,16H2,1H3,(H,17,18). The average molecular weight is 326 g/mol. The molecule has 0 unspecified atom stereocenters. The number of pyridine rings is 1. The summed E-state index contributed by atoms with van der Waals surface area (Å²) in [6.45, 7) is 0.430. The lowest BCUT2D eigenvalue weighted by Gasteiger charge is -2.09. The van der Waals surface area contributed by atoms with Crippen molar-refractivity contribution in [2.75, 3.05) is 18.2 Å². The number of hydrogen-bond donors (Lipinski definition) is 2. The summed E-state index contributed by atoms with van der Waals surface area (Å²) in [7, 11) is 1.56. The number of halogens is 2. The maximum absolute atomic E-state index is 13.6. The highest BCUT2D eigenvalue weighted by molar-refractivity contribution is 9.10. The molecule has 0 radical (unpaired) electrons. The Labute approximate surface area is 118 Å². The highest BCUT2D eigenvalue weighted by Gasteiger charge is 2.05. The second-order valence-electron chi connectivity index (χ2n) is 3.91. The zero-order valence-electron chi connectivity index (χ0n) is 10.3. The third-order valence-corrected chi connectivity index (χ3v) is 3.00. The normalized spacial score (nSPS) is 10.3. The van der Waals surface area contributed by atoms with Gasteiger partial charge in [0.2, 0.25) is 0 Å². The molecule has 100 valence electrons. The molecule has 0 aliphatic rings. The van der Waals surface area contributed by atoms with Crippen molar-refractivity contribution in [1.29, 1.82) is 0 Å². The molecule has 2 aromatic rings. The molecule has 3 N–H and O–H groups in total. The van der Waals surface area contributed by atoms with Crippen LogP contribution in [0.15, 0.2) is 34.9 Å². The lowest BCUT2D eigenvalue weighted by atomic mass is 10.2. The second kappa shape index (κ2) is 5.88. The van der Waals surface area contributed by atoms with Gasteiger partial charge in [0, 0.05) is 17.2 Å². The molecular weight excluding hydrogens is 313 g/mol. The Morgan fingerprint density at radius 3 is 2.84 bits per heavy atom. The summed E-state index contributed by atoms with van der Waals surface area (Å²) in [6, 6.07) is 6.77. The van der Waals surface area contributed by atoms with E-state index in [0.717, 1.165) is 5.56 Å². The van der Waals surface area contributed by atoms with E-state index in [1.54, 1.807) is 19.2 Å². The van der Waals surface area contributed by atoms with Gasteiger partial charge in [-0.1, -0.05) is 6.07 Å². The highest BCUT2D eigenvalue weighted by Crippen LogP contribution is 2.23. The van der Waals surface area contributed by atoms with Gasteiger partial charge in [-0.3, -0.25) is 0 Å². The average Bonchev–Trinajstić information content (AvgIpc) is 2.38. The van der Waals surface area contributed by atoms with Gasteiger partial charge in [-0.15, -0.1) is 0 Å².